The SMILES string of the molecule is CC[C@@H](CN)N(Cc1ccccc1C(F)(F)F)C(=O)Cc1cncn1Cc1ccc(C#N)cc1. The molecular weight excluding hydrogens is 443 g/mol. The van der Waals surface area contributed by atoms with E-state index in [9.17, 15) is 18.0 Å². The standard InChI is InChI=1S/C25H26F3N5O/c1-2-21(13-30)33(16-20-5-3-4-6-23(20)25(26,27)28)24(34)11-22-14-31-17-32(22)15-19-9-7-18(12-29)8-10-19/h3-10,14,17,21H,2,11,13,15-16,30H2,1H3/t21-/m0/s1. The molecule has 178 valence electrons. The van der Waals surface area contributed by atoms with E-state index in [0.29, 0.717) is 24.2 Å². The quantitative estimate of drug-likeness (QED) is 0.510. The van der Waals surface area contributed by atoms with Crippen molar-refractivity contribution >= 4 is 5.91 Å². The molecule has 0 radical (unpaired) electrons. The molecule has 3 rings (SSSR count). The second kappa shape index (κ2) is 11.0. The molecule has 0 unspecified atom stereocenters. The summed E-state index contributed by atoms with van der Waals surface area (Å²) < 4.78 is 42.4. The van der Waals surface area contributed by atoms with Gasteiger partial charge in [-0.1, -0.05) is 37.3 Å². The van der Waals surface area contributed by atoms with Crippen LogP contribution in [0.15, 0.2) is 61.1 Å². The number of carbonyl (C=O) groups is 1. The van der Waals surface area contributed by atoms with Gasteiger partial charge in [-0.05, 0) is 35.7 Å². The number of nitrogens with two attached hydrogens (primary N) is 1. The lowest BCUT2D eigenvalue weighted by Gasteiger charge is -2.31. The second-order valence-electron chi connectivity index (χ2n) is 7.97. The van der Waals surface area contributed by atoms with Crippen molar-refractivity contribution in [1.29, 1.82) is 5.26 Å². The zero-order valence-electron chi connectivity index (χ0n) is 18.8. The van der Waals surface area contributed by atoms with Crippen molar-refractivity contribution in [2.45, 2.75) is 45.1 Å². The minimum atomic E-state index is -4.52. The molecule has 0 saturated heterocycles. The Morgan fingerprint density at radius 1 is 1.21 bits per heavy atom. The number of amides is 1. The Kier molecular flexibility index (Phi) is 8.08. The highest BCUT2D eigenvalue weighted by Gasteiger charge is 2.34. The van der Waals surface area contributed by atoms with Crippen LogP contribution in [0, 0.1) is 11.3 Å². The number of halogens is 3. The van der Waals surface area contributed by atoms with E-state index in [-0.39, 0.29) is 31.0 Å². The number of hydrogen-bond acceptors (Lipinski definition) is 4. The van der Waals surface area contributed by atoms with Gasteiger partial charge in [0.15, 0.2) is 0 Å². The van der Waals surface area contributed by atoms with Crippen molar-refractivity contribution in [2.75, 3.05) is 6.54 Å². The van der Waals surface area contributed by atoms with Gasteiger partial charge in [-0.15, -0.1) is 0 Å². The van der Waals surface area contributed by atoms with E-state index in [4.69, 9.17) is 11.0 Å². The molecule has 0 aliphatic heterocycles. The fourth-order valence-electron chi connectivity index (χ4n) is 3.83. The molecule has 1 aromatic heterocycles. The number of hydrogen-bond donors (Lipinski definition) is 1. The number of carbonyl (C=O) groups excluding carboxylic acids is 1. The third-order valence-electron chi connectivity index (χ3n) is 5.73. The highest BCUT2D eigenvalue weighted by molar-refractivity contribution is 5.78. The summed E-state index contributed by atoms with van der Waals surface area (Å²) in [6.07, 6.45) is -0.853. The fourth-order valence-corrected chi connectivity index (χ4v) is 3.83. The summed E-state index contributed by atoms with van der Waals surface area (Å²) >= 11 is 0. The molecule has 1 amide bonds. The molecule has 0 aliphatic rings. The average Bonchev–Trinajstić information content (AvgIpc) is 3.25. The number of imidazole rings is 1. The van der Waals surface area contributed by atoms with Gasteiger partial charge in [-0.3, -0.25) is 4.79 Å². The molecule has 9 heteroatoms. The van der Waals surface area contributed by atoms with E-state index in [1.807, 2.05) is 23.6 Å². The van der Waals surface area contributed by atoms with Gasteiger partial charge in [0.05, 0.1) is 29.9 Å². The molecule has 3 aromatic rings. The first-order chi connectivity index (χ1) is 16.3. The Bertz CT molecular complexity index is 1140. The molecule has 1 heterocycles. The first-order valence-corrected chi connectivity index (χ1v) is 10.9. The van der Waals surface area contributed by atoms with Gasteiger partial charge in [0.2, 0.25) is 5.91 Å². The Balaban J connectivity index is 1.83. The number of aromatic nitrogens is 2. The van der Waals surface area contributed by atoms with Crippen LogP contribution in [0.2, 0.25) is 0 Å². The zero-order valence-corrected chi connectivity index (χ0v) is 18.8. The third kappa shape index (κ3) is 6.02. The highest BCUT2D eigenvalue weighted by atomic mass is 19.4. The van der Waals surface area contributed by atoms with E-state index < -0.39 is 17.8 Å². The van der Waals surface area contributed by atoms with Crippen LogP contribution < -0.4 is 5.73 Å². The Labute approximate surface area is 196 Å². The van der Waals surface area contributed by atoms with Crippen molar-refractivity contribution in [3.8, 4) is 6.07 Å². The predicted octanol–water partition coefficient (Wildman–Crippen LogP) is 4.13. The van der Waals surface area contributed by atoms with E-state index in [1.165, 1.54) is 23.1 Å². The number of nitrogens with zero attached hydrogens (tertiary/aromatic N) is 4. The third-order valence-corrected chi connectivity index (χ3v) is 5.73. The Morgan fingerprint density at radius 3 is 2.53 bits per heavy atom. The molecular formula is C25H26F3N5O. The monoisotopic (exact) mass is 469 g/mol. The number of alkyl halides is 3. The smallest absolute Gasteiger partial charge is 0.334 e. The van der Waals surface area contributed by atoms with Crippen LogP contribution in [-0.2, 0) is 30.5 Å². The maximum atomic E-state index is 13.5. The minimum Gasteiger partial charge on any atom is -0.334 e. The molecule has 0 saturated carbocycles. The van der Waals surface area contributed by atoms with Gasteiger partial charge in [0, 0.05) is 37.6 Å². The normalized spacial score (nSPS) is 12.2. The van der Waals surface area contributed by atoms with E-state index in [2.05, 4.69) is 11.1 Å². The van der Waals surface area contributed by atoms with Crippen LogP contribution in [0.4, 0.5) is 13.2 Å². The summed E-state index contributed by atoms with van der Waals surface area (Å²) in [6, 6.07) is 14.0. The summed E-state index contributed by atoms with van der Waals surface area (Å²) in [5, 5.41) is 8.95. The van der Waals surface area contributed by atoms with Gasteiger partial charge in [0.1, 0.15) is 0 Å². The Hall–Kier alpha value is -3.64. The molecule has 2 aromatic carbocycles. The maximum Gasteiger partial charge on any atom is 0.416 e. The summed E-state index contributed by atoms with van der Waals surface area (Å²) in [7, 11) is 0. The largest absolute Gasteiger partial charge is 0.416 e. The van der Waals surface area contributed by atoms with Gasteiger partial charge in [-0.25, -0.2) is 4.98 Å². The van der Waals surface area contributed by atoms with Crippen LogP contribution in [-0.4, -0.2) is 32.9 Å². The second-order valence-corrected chi connectivity index (χ2v) is 7.97. The van der Waals surface area contributed by atoms with Crippen LogP contribution in [0.1, 0.15) is 41.3 Å². The van der Waals surface area contributed by atoms with Crippen molar-refractivity contribution in [3.63, 3.8) is 0 Å². The summed E-state index contributed by atoms with van der Waals surface area (Å²) in [6.45, 7) is 2.25. The Morgan fingerprint density at radius 2 is 1.91 bits per heavy atom. The number of benzene rings is 2. The summed E-state index contributed by atoms with van der Waals surface area (Å²) in [5.41, 5.74) is 7.25. The minimum absolute atomic E-state index is 0.0268. The molecule has 0 bridgehead atoms. The number of rotatable bonds is 9. The van der Waals surface area contributed by atoms with Crippen molar-refractivity contribution in [1.82, 2.24) is 14.5 Å². The summed E-state index contributed by atoms with van der Waals surface area (Å²) in [5.74, 6) is -0.323. The molecule has 1 atom stereocenters. The lowest BCUT2D eigenvalue weighted by atomic mass is 10.0. The van der Waals surface area contributed by atoms with Crippen LogP contribution in [0.5, 0.6) is 0 Å². The van der Waals surface area contributed by atoms with Crippen LogP contribution in [0.3, 0.4) is 0 Å². The van der Waals surface area contributed by atoms with E-state index in [0.717, 1.165) is 11.6 Å². The molecule has 6 nitrogen and oxygen atoms in total. The van der Waals surface area contributed by atoms with Crippen molar-refractivity contribution in [3.05, 3.63) is 89.0 Å². The van der Waals surface area contributed by atoms with Gasteiger partial charge >= 0.3 is 6.18 Å². The topological polar surface area (TPSA) is 87.9 Å². The molecule has 0 aliphatic carbocycles. The summed E-state index contributed by atoms with van der Waals surface area (Å²) in [4.78, 5) is 18.9. The van der Waals surface area contributed by atoms with Crippen LogP contribution in [0.25, 0.3) is 0 Å². The van der Waals surface area contributed by atoms with Crippen LogP contribution >= 0.6 is 0 Å². The van der Waals surface area contributed by atoms with E-state index >= 15 is 0 Å². The lowest BCUT2D eigenvalue weighted by molar-refractivity contribution is -0.140. The maximum absolute atomic E-state index is 13.5. The average molecular weight is 470 g/mol. The van der Waals surface area contributed by atoms with Crippen molar-refractivity contribution < 1.29 is 18.0 Å². The highest BCUT2D eigenvalue weighted by Crippen LogP contribution is 2.32. The zero-order chi connectivity index (χ0) is 24.7. The molecule has 0 fully saturated rings. The van der Waals surface area contributed by atoms with Gasteiger partial charge in [0.25, 0.3) is 0 Å². The predicted molar refractivity (Wildman–Crippen MR) is 121 cm³/mol. The van der Waals surface area contributed by atoms with Crippen molar-refractivity contribution in [2.24, 2.45) is 5.73 Å². The number of nitriles is 1. The lowest BCUT2D eigenvalue weighted by Crippen LogP contribution is -2.45. The molecule has 2 N–H and O–H groups in total. The molecule has 34 heavy (non-hydrogen) atoms. The first kappa shape index (κ1) is 25.0. The van der Waals surface area contributed by atoms with Gasteiger partial charge < -0.3 is 15.2 Å². The molecule has 0 spiro atoms. The first-order valence-electron chi connectivity index (χ1n) is 10.9. The fraction of sp³-hybridized carbons (Fsp3) is 0.320. The van der Waals surface area contributed by atoms with Gasteiger partial charge in [-0.2, -0.15) is 18.4 Å². The van der Waals surface area contributed by atoms with E-state index in [1.54, 1.807) is 24.7 Å².